The number of esters is 1. The molecular formula is C29H53NO6P+. The topological polar surface area (TPSA) is 90.8 Å². The Labute approximate surface area is 227 Å². The van der Waals surface area contributed by atoms with Gasteiger partial charge in [0.25, 0.3) is 0 Å². The van der Waals surface area contributed by atoms with E-state index in [2.05, 4.69) is 19.1 Å². The summed E-state index contributed by atoms with van der Waals surface area (Å²) in [6.45, 7) is 6.21. The summed E-state index contributed by atoms with van der Waals surface area (Å²) in [5.74, 6) is 0.637. The summed E-state index contributed by atoms with van der Waals surface area (Å²) in [6, 6.07) is 8.11. The number of ether oxygens (including phenoxy) is 2. The van der Waals surface area contributed by atoms with Crippen molar-refractivity contribution in [1.82, 2.24) is 0 Å². The third kappa shape index (κ3) is 19.5. The Morgan fingerprint density at radius 3 is 2.32 bits per heavy atom. The van der Waals surface area contributed by atoms with Gasteiger partial charge in [0.1, 0.15) is 18.5 Å². The van der Waals surface area contributed by atoms with Crippen molar-refractivity contribution >= 4 is 14.6 Å². The smallest absolute Gasteiger partial charge is 0.330 e. The lowest BCUT2D eigenvalue weighted by Gasteiger charge is -2.19. The molecule has 2 atom stereocenters. The first kappa shape index (κ1) is 33.8. The van der Waals surface area contributed by atoms with Gasteiger partial charge in [-0.05, 0) is 43.4 Å². The Hall–Kier alpha value is -1.24. The maximum atomic E-state index is 12.1. The van der Waals surface area contributed by atoms with Crippen molar-refractivity contribution in [2.24, 2.45) is 0 Å². The second-order valence-corrected chi connectivity index (χ2v) is 10.6. The molecule has 0 radical (unpaired) electrons. The molecule has 0 fully saturated rings. The third-order valence-electron chi connectivity index (χ3n) is 6.15. The van der Waals surface area contributed by atoms with Crippen molar-refractivity contribution in [2.75, 3.05) is 33.4 Å². The van der Waals surface area contributed by atoms with E-state index in [4.69, 9.17) is 18.5 Å². The molecule has 0 amide bonds. The average molecular weight is 543 g/mol. The summed E-state index contributed by atoms with van der Waals surface area (Å²) in [4.78, 5) is 22.0. The summed E-state index contributed by atoms with van der Waals surface area (Å²) < 4.78 is 22.3. The molecule has 1 rings (SSSR count). The fourth-order valence-corrected chi connectivity index (χ4v) is 4.59. The van der Waals surface area contributed by atoms with Crippen LogP contribution in [-0.4, -0.2) is 50.4 Å². The van der Waals surface area contributed by atoms with Crippen LogP contribution >= 0.6 is 8.60 Å². The number of benzene rings is 1. The monoisotopic (exact) mass is 542 g/mol. The molecule has 0 aromatic heterocycles. The molecule has 37 heavy (non-hydrogen) atoms. The first-order valence-electron chi connectivity index (χ1n) is 14.5. The maximum absolute atomic E-state index is 12.1. The van der Waals surface area contributed by atoms with Crippen LogP contribution in [0.3, 0.4) is 0 Å². The molecule has 3 N–H and O–H groups in total. The van der Waals surface area contributed by atoms with Crippen LogP contribution in [0.25, 0.3) is 0 Å². The van der Waals surface area contributed by atoms with Crippen molar-refractivity contribution in [3.63, 3.8) is 0 Å². The van der Waals surface area contributed by atoms with Crippen LogP contribution in [0.4, 0.5) is 0 Å². The van der Waals surface area contributed by atoms with Gasteiger partial charge in [-0.15, -0.1) is 0 Å². The van der Waals surface area contributed by atoms with E-state index in [1.54, 1.807) is 0 Å². The number of carbonyl (C=O) groups excluding carboxylic acids is 1. The maximum Gasteiger partial charge on any atom is 0.330 e. The normalized spacial score (nSPS) is 12.9. The van der Waals surface area contributed by atoms with E-state index in [1.807, 2.05) is 31.4 Å². The molecule has 7 nitrogen and oxygen atoms in total. The molecule has 0 heterocycles. The standard InChI is InChI=1S/C29H52NO6P/c1-4-6-7-8-9-10-11-12-13-14-22-33-27-18-15-17-26(24-27)19-20-28(36-29(31)16-5-2)25-35-37(32)34-23-21-30-3/h15,17-18,24,28,30,32H,4-14,16,19-23,25H2,1-3H3/p+1. The quantitative estimate of drug-likeness (QED) is 0.0885. The van der Waals surface area contributed by atoms with E-state index in [9.17, 15) is 9.69 Å². The Balaban J connectivity index is 2.35. The molecule has 0 aliphatic heterocycles. The number of carbonyl (C=O) groups is 1. The number of likely N-dealkylation sites (N-methyl/N-ethyl adjacent to an activating group) is 1. The molecule has 1 aromatic carbocycles. The molecule has 0 spiro atoms. The van der Waals surface area contributed by atoms with E-state index < -0.39 is 14.7 Å². The predicted octanol–water partition coefficient (Wildman–Crippen LogP) is 6.08. The van der Waals surface area contributed by atoms with Gasteiger partial charge in [0, 0.05) is 6.42 Å². The van der Waals surface area contributed by atoms with Gasteiger partial charge in [-0.25, -0.2) is 0 Å². The van der Waals surface area contributed by atoms with Gasteiger partial charge < -0.3 is 28.7 Å². The van der Waals surface area contributed by atoms with Crippen LogP contribution in [-0.2, 0) is 25.0 Å². The number of rotatable bonds is 25. The van der Waals surface area contributed by atoms with Crippen LogP contribution in [0.1, 0.15) is 103 Å². The highest BCUT2D eigenvalue weighted by atomic mass is 31.2. The summed E-state index contributed by atoms with van der Waals surface area (Å²) >= 11 is 0. The zero-order valence-corrected chi connectivity index (χ0v) is 24.5. The second-order valence-electron chi connectivity index (χ2n) is 9.64. The fraction of sp³-hybridized carbons (Fsp3) is 0.759. The highest BCUT2D eigenvalue weighted by Gasteiger charge is 2.18. The second kappa shape index (κ2) is 23.8. The summed E-state index contributed by atoms with van der Waals surface area (Å²) in [6.07, 6.45) is 15.1. The number of quaternary nitrogens is 1. The molecule has 214 valence electrons. The highest BCUT2D eigenvalue weighted by molar-refractivity contribution is 7.40. The van der Waals surface area contributed by atoms with Crippen LogP contribution < -0.4 is 10.1 Å². The van der Waals surface area contributed by atoms with Gasteiger partial charge in [0.2, 0.25) is 0 Å². The zero-order valence-electron chi connectivity index (χ0n) is 23.6. The summed E-state index contributed by atoms with van der Waals surface area (Å²) in [5.41, 5.74) is 1.12. The molecule has 0 saturated carbocycles. The average Bonchev–Trinajstić information content (AvgIpc) is 2.89. The zero-order chi connectivity index (χ0) is 27.0. The molecule has 0 bridgehead atoms. The first-order chi connectivity index (χ1) is 18.1. The van der Waals surface area contributed by atoms with Crippen LogP contribution in [0.2, 0.25) is 0 Å². The summed E-state index contributed by atoms with van der Waals surface area (Å²) in [7, 11) is -0.0410. The third-order valence-corrected chi connectivity index (χ3v) is 6.92. The number of aryl methyl sites for hydroxylation is 1. The Kier molecular flexibility index (Phi) is 21.8. The number of hydrogen-bond donors (Lipinski definition) is 2. The Morgan fingerprint density at radius 1 is 0.946 bits per heavy atom. The van der Waals surface area contributed by atoms with Crippen molar-refractivity contribution < 1.29 is 33.5 Å². The minimum atomic E-state index is -1.98. The van der Waals surface area contributed by atoms with Crippen molar-refractivity contribution in [3.05, 3.63) is 29.8 Å². The Morgan fingerprint density at radius 2 is 1.65 bits per heavy atom. The number of nitrogens with two attached hydrogens (primary N) is 1. The lowest BCUT2D eigenvalue weighted by Crippen LogP contribution is -2.80. The molecule has 0 aliphatic carbocycles. The molecule has 1 aromatic rings. The summed E-state index contributed by atoms with van der Waals surface area (Å²) in [5, 5.41) is 1.97. The predicted molar refractivity (Wildman–Crippen MR) is 151 cm³/mol. The van der Waals surface area contributed by atoms with E-state index in [0.29, 0.717) is 19.4 Å². The molecule has 2 unspecified atom stereocenters. The number of hydrogen-bond acceptors (Lipinski definition) is 6. The minimum Gasteiger partial charge on any atom is -0.494 e. The number of unbranched alkanes of at least 4 members (excludes halogenated alkanes) is 9. The van der Waals surface area contributed by atoms with Crippen LogP contribution in [0.15, 0.2) is 24.3 Å². The first-order valence-corrected chi connectivity index (χ1v) is 15.7. The van der Waals surface area contributed by atoms with Gasteiger partial charge in [-0.2, -0.15) is 0 Å². The highest BCUT2D eigenvalue weighted by Crippen LogP contribution is 2.33. The molecule has 8 heteroatoms. The minimum absolute atomic E-state index is 0.114. The van der Waals surface area contributed by atoms with Gasteiger partial charge in [-0.1, -0.05) is 83.8 Å². The van der Waals surface area contributed by atoms with Gasteiger partial charge >= 0.3 is 14.6 Å². The van der Waals surface area contributed by atoms with Crippen molar-refractivity contribution in [1.29, 1.82) is 0 Å². The lowest BCUT2D eigenvalue weighted by molar-refractivity contribution is -0.627. The van der Waals surface area contributed by atoms with Crippen molar-refractivity contribution in [2.45, 2.75) is 110 Å². The Bertz CT molecular complexity index is 678. The van der Waals surface area contributed by atoms with E-state index in [0.717, 1.165) is 43.7 Å². The largest absolute Gasteiger partial charge is 0.494 e. The van der Waals surface area contributed by atoms with Crippen molar-refractivity contribution in [3.8, 4) is 5.75 Å². The fourth-order valence-electron chi connectivity index (χ4n) is 3.96. The van der Waals surface area contributed by atoms with E-state index >= 15 is 0 Å². The molecule has 0 saturated heterocycles. The van der Waals surface area contributed by atoms with Gasteiger partial charge in [0.05, 0.1) is 26.8 Å². The molecule has 0 aliphatic rings. The SMILES string of the molecule is CCCCCCCCCCCCOc1cccc(CCC(COP(O)OCC[NH2+]C)OC(=O)CCC)c1. The lowest BCUT2D eigenvalue weighted by atomic mass is 10.1. The van der Waals surface area contributed by atoms with E-state index in [-0.39, 0.29) is 12.6 Å². The van der Waals surface area contributed by atoms with Crippen LogP contribution in [0.5, 0.6) is 5.75 Å². The van der Waals surface area contributed by atoms with Gasteiger partial charge in [-0.3, -0.25) is 4.79 Å². The van der Waals surface area contributed by atoms with Crippen LogP contribution in [0, 0.1) is 0 Å². The van der Waals surface area contributed by atoms with Gasteiger partial charge in [0.15, 0.2) is 0 Å². The molecular weight excluding hydrogens is 489 g/mol. The van der Waals surface area contributed by atoms with E-state index in [1.165, 1.54) is 57.8 Å².